The molecule has 12 heteroatoms. The second-order valence-corrected chi connectivity index (χ2v) is 5.72. The maximum Gasteiger partial charge on any atom is 0.419 e. The molecule has 0 saturated heterocycles. The first-order chi connectivity index (χ1) is 14.0. The highest BCUT2D eigenvalue weighted by Gasteiger charge is 2.35. The van der Waals surface area contributed by atoms with E-state index >= 15 is 0 Å². The normalized spacial score (nSPS) is 11.5. The maximum atomic E-state index is 12.4. The Labute approximate surface area is 170 Å². The third kappa shape index (κ3) is 7.52. The number of alkyl halides is 9. The lowest BCUT2D eigenvalue weighted by molar-refractivity contribution is -0.140. The van der Waals surface area contributed by atoms with Crippen molar-refractivity contribution in [1.82, 2.24) is 0 Å². The van der Waals surface area contributed by atoms with Crippen LogP contribution >= 0.6 is 11.6 Å². The van der Waals surface area contributed by atoms with Crippen molar-refractivity contribution in [3.8, 4) is 11.5 Å². The molecule has 168 valence electrons. The van der Waals surface area contributed by atoms with Crippen LogP contribution in [0.25, 0.3) is 0 Å². The van der Waals surface area contributed by atoms with Crippen molar-refractivity contribution in [3.05, 3.63) is 58.7 Å². The Morgan fingerprint density at radius 2 is 1.13 bits per heavy atom. The van der Waals surface area contributed by atoms with Crippen LogP contribution in [0, 0.1) is 0 Å². The zero-order valence-corrected chi connectivity index (χ0v) is 15.7. The van der Waals surface area contributed by atoms with Crippen molar-refractivity contribution in [1.29, 1.82) is 0 Å². The van der Waals surface area contributed by atoms with E-state index in [0.29, 0.717) is 5.56 Å². The molecule has 0 aromatic heterocycles. The lowest BCUT2D eigenvalue weighted by Crippen LogP contribution is -2.09. The van der Waals surface area contributed by atoms with Crippen LogP contribution in [-0.4, -0.2) is 18.8 Å². The third-order valence-electron chi connectivity index (χ3n) is 3.46. The summed E-state index contributed by atoms with van der Waals surface area (Å²) in [6.07, 6.45) is -9.21. The van der Waals surface area contributed by atoms with E-state index in [2.05, 4.69) is 9.47 Å². The molecule has 0 radical (unpaired) electrons. The Morgan fingerprint density at radius 3 is 1.47 bits per heavy atom. The van der Waals surface area contributed by atoms with Crippen molar-refractivity contribution in [2.75, 3.05) is 13.7 Å². The summed E-state index contributed by atoms with van der Waals surface area (Å²) in [4.78, 5) is 0. The van der Waals surface area contributed by atoms with Gasteiger partial charge in [0.2, 0.25) is 13.7 Å². The van der Waals surface area contributed by atoms with Gasteiger partial charge in [0.05, 0.1) is 17.7 Å². The average Bonchev–Trinajstić information content (AvgIpc) is 2.68. The number of hydrogen-bond acceptors (Lipinski definition) is 3. The summed E-state index contributed by atoms with van der Waals surface area (Å²) in [5.41, 5.74) is -1.71. The topological polar surface area (TPSA) is 38.7 Å². The Hall–Kier alpha value is -2.27. The van der Waals surface area contributed by atoms with Crippen LogP contribution in [0.15, 0.2) is 36.4 Å². The zero-order valence-electron chi connectivity index (χ0n) is 15.0. The molecule has 0 aliphatic carbocycles. The molecule has 2 aromatic carbocycles. The van der Waals surface area contributed by atoms with Gasteiger partial charge in [-0.25, -0.2) is 8.78 Å². The Morgan fingerprint density at radius 1 is 0.733 bits per heavy atom. The number of halogens is 9. The van der Waals surface area contributed by atoms with Gasteiger partial charge >= 0.3 is 12.4 Å². The maximum absolute atomic E-state index is 12.4. The first kappa shape index (κ1) is 25.8. The first-order valence-electron chi connectivity index (χ1n) is 7.92. The van der Waals surface area contributed by atoms with Crippen LogP contribution in [-0.2, 0) is 24.8 Å². The molecule has 0 fully saturated rings. The predicted octanol–water partition coefficient (Wildman–Crippen LogP) is 6.25. The smallest absolute Gasteiger partial charge is 0.419 e. The number of ether oxygens (including phenoxy) is 2. The van der Waals surface area contributed by atoms with Crippen LogP contribution in [0.2, 0.25) is 0 Å². The summed E-state index contributed by atoms with van der Waals surface area (Å²) in [5, 5.41) is 8.67. The van der Waals surface area contributed by atoms with E-state index in [1.165, 1.54) is 12.1 Å². The van der Waals surface area contributed by atoms with Gasteiger partial charge in [-0.15, -0.1) is 11.6 Å². The van der Waals surface area contributed by atoms with Gasteiger partial charge in [0.15, 0.2) is 0 Å². The van der Waals surface area contributed by atoms with E-state index in [1.807, 2.05) is 0 Å². The van der Waals surface area contributed by atoms with E-state index in [9.17, 15) is 35.1 Å². The summed E-state index contributed by atoms with van der Waals surface area (Å²) in [6.45, 7) is -3.15. The Kier molecular flexibility index (Phi) is 9.63. The van der Waals surface area contributed by atoms with Gasteiger partial charge in [-0.1, -0.05) is 12.1 Å². The lowest BCUT2D eigenvalue weighted by atomic mass is 10.1. The first-order valence-corrected chi connectivity index (χ1v) is 8.46. The van der Waals surface area contributed by atoms with E-state index in [1.54, 1.807) is 0 Å². The van der Waals surface area contributed by atoms with E-state index < -0.39 is 55.3 Å². The van der Waals surface area contributed by atoms with Crippen molar-refractivity contribution < 1.29 is 49.7 Å². The molecule has 30 heavy (non-hydrogen) atoms. The van der Waals surface area contributed by atoms with E-state index in [0.717, 1.165) is 24.3 Å². The highest BCUT2D eigenvalue weighted by Crippen LogP contribution is 2.38. The van der Waals surface area contributed by atoms with Crippen molar-refractivity contribution in [2.24, 2.45) is 0 Å². The van der Waals surface area contributed by atoms with Crippen LogP contribution in [0.5, 0.6) is 11.5 Å². The fraction of sp³-hybridized carbons (Fsp3) is 0.333. The molecule has 2 rings (SSSR count). The lowest BCUT2D eigenvalue weighted by Gasteiger charge is -2.13. The monoisotopic (exact) mass is 466 g/mol. The van der Waals surface area contributed by atoms with Crippen LogP contribution in [0.3, 0.4) is 0 Å². The number of aliphatic hydroxyl groups is 1. The van der Waals surface area contributed by atoms with E-state index in [-0.39, 0.29) is 11.4 Å². The SMILES string of the molecule is FCOc1ccc(CCl)cc1C(F)(F)F.OCc1ccc(OCF)c(C(F)(F)F)c1. The van der Waals surface area contributed by atoms with Crippen molar-refractivity contribution in [3.63, 3.8) is 0 Å². The fourth-order valence-corrected chi connectivity index (χ4v) is 2.31. The molecular weight excluding hydrogens is 452 g/mol. The van der Waals surface area contributed by atoms with Gasteiger partial charge in [-0.2, -0.15) is 26.3 Å². The molecule has 0 aliphatic rings. The predicted molar refractivity (Wildman–Crippen MR) is 91.6 cm³/mol. The van der Waals surface area contributed by atoms with Crippen LogP contribution in [0.1, 0.15) is 22.3 Å². The minimum absolute atomic E-state index is 0.0427. The molecule has 0 heterocycles. The molecule has 0 aliphatic heterocycles. The highest BCUT2D eigenvalue weighted by atomic mass is 35.5. The fourth-order valence-electron chi connectivity index (χ4n) is 2.15. The molecule has 1 N–H and O–H groups in total. The molecule has 0 saturated carbocycles. The minimum atomic E-state index is -4.63. The minimum Gasteiger partial charge on any atom is -0.462 e. The van der Waals surface area contributed by atoms with Crippen LogP contribution < -0.4 is 9.47 Å². The average molecular weight is 467 g/mol. The number of benzene rings is 2. The largest absolute Gasteiger partial charge is 0.462 e. The molecule has 0 unspecified atom stereocenters. The standard InChI is InChI=1S/C9H7ClF4O.C9H8F4O2/c10-4-6-1-2-8(15-5-11)7(3-6)9(12,13)14;10-5-15-8-2-1-6(4-14)3-7(8)9(11,12)13/h1-3H,4-5H2;1-3,14H,4-5H2. The number of hydrogen-bond donors (Lipinski definition) is 1. The Bertz CT molecular complexity index is 741. The second-order valence-electron chi connectivity index (χ2n) is 5.46. The van der Waals surface area contributed by atoms with Crippen molar-refractivity contribution in [2.45, 2.75) is 24.8 Å². The molecule has 0 bridgehead atoms. The summed E-state index contributed by atoms with van der Waals surface area (Å²) in [7, 11) is 0. The zero-order chi connectivity index (χ0) is 22.9. The van der Waals surface area contributed by atoms with Gasteiger partial charge in [0.25, 0.3) is 0 Å². The molecule has 3 nitrogen and oxygen atoms in total. The van der Waals surface area contributed by atoms with Gasteiger partial charge in [0, 0.05) is 5.88 Å². The quantitative estimate of drug-likeness (QED) is 0.404. The van der Waals surface area contributed by atoms with Crippen LogP contribution in [0.4, 0.5) is 35.1 Å². The summed E-state index contributed by atoms with van der Waals surface area (Å²) in [5.74, 6) is -1.15. The van der Waals surface area contributed by atoms with E-state index in [4.69, 9.17) is 16.7 Å². The molecular formula is C18H15ClF8O3. The van der Waals surface area contributed by atoms with Crippen molar-refractivity contribution >= 4 is 11.6 Å². The summed E-state index contributed by atoms with van der Waals surface area (Å²) in [6, 6.07) is 6.20. The van der Waals surface area contributed by atoms with Gasteiger partial charge < -0.3 is 14.6 Å². The molecule has 0 amide bonds. The third-order valence-corrected chi connectivity index (χ3v) is 3.76. The number of aliphatic hydroxyl groups excluding tert-OH is 1. The second kappa shape index (κ2) is 11.2. The molecule has 0 spiro atoms. The summed E-state index contributed by atoms with van der Waals surface area (Å²) >= 11 is 5.40. The Balaban J connectivity index is 0.000000300. The summed E-state index contributed by atoms with van der Waals surface area (Å²) < 4.78 is 107. The highest BCUT2D eigenvalue weighted by molar-refractivity contribution is 6.17. The van der Waals surface area contributed by atoms with Gasteiger partial charge in [0.1, 0.15) is 11.5 Å². The number of rotatable bonds is 6. The molecule has 2 aromatic rings. The van der Waals surface area contributed by atoms with Gasteiger partial charge in [-0.05, 0) is 35.4 Å². The molecule has 0 atom stereocenters. The van der Waals surface area contributed by atoms with Gasteiger partial charge in [-0.3, -0.25) is 0 Å².